The van der Waals surface area contributed by atoms with Gasteiger partial charge in [0.2, 0.25) is 0 Å². The Hall–Kier alpha value is -6.62. The van der Waals surface area contributed by atoms with E-state index >= 15 is 0 Å². The minimum Gasteiger partial charge on any atom is -0.456 e. The minimum atomic E-state index is 0.695. The Kier molecular flexibility index (Phi) is 6.42. The molecule has 11 rings (SSSR count). The maximum atomic E-state index is 6.63. The van der Waals surface area contributed by atoms with Gasteiger partial charge in [-0.2, -0.15) is 0 Å². The zero-order valence-electron chi connectivity index (χ0n) is 27.9. The Morgan fingerprint density at radius 3 is 1.90 bits per heavy atom. The van der Waals surface area contributed by atoms with Crippen LogP contribution in [0.3, 0.4) is 0 Å². The largest absolute Gasteiger partial charge is 0.456 e. The first-order valence-electron chi connectivity index (χ1n) is 17.5. The van der Waals surface area contributed by atoms with Crippen molar-refractivity contribution in [3.63, 3.8) is 0 Å². The molecule has 0 spiro atoms. The summed E-state index contributed by atoms with van der Waals surface area (Å²) in [6, 6.07) is 60.2. The van der Waals surface area contributed by atoms with E-state index < -0.39 is 0 Å². The molecule has 0 radical (unpaired) electrons. The molecule has 0 fully saturated rings. The van der Waals surface area contributed by atoms with Crippen molar-refractivity contribution in [2.24, 2.45) is 0 Å². The molecule has 0 aliphatic carbocycles. The van der Waals surface area contributed by atoms with Gasteiger partial charge in [0.15, 0.2) is 5.82 Å². The summed E-state index contributed by atoms with van der Waals surface area (Å²) < 4.78 is 8.94. The van der Waals surface area contributed by atoms with Crippen molar-refractivity contribution in [3.05, 3.63) is 170 Å². The summed E-state index contributed by atoms with van der Waals surface area (Å²) >= 11 is 1.75. The highest BCUT2D eigenvalue weighted by Crippen LogP contribution is 2.43. The molecule has 11 aromatic rings. The fraction of sp³-hybridized carbons (Fsp3) is 0. The molecule has 0 saturated carbocycles. The van der Waals surface area contributed by atoms with Crippen molar-refractivity contribution in [1.82, 2.24) is 9.97 Å². The first-order valence-corrected chi connectivity index (χ1v) is 18.3. The van der Waals surface area contributed by atoms with Crippen LogP contribution in [0.15, 0.2) is 174 Å². The molecule has 4 heteroatoms. The number of furan rings is 1. The second kappa shape index (κ2) is 11.5. The van der Waals surface area contributed by atoms with Gasteiger partial charge in [-0.05, 0) is 74.1 Å². The molecule has 3 nitrogen and oxygen atoms in total. The average Bonchev–Trinajstić information content (AvgIpc) is 3.78. The molecule has 0 saturated heterocycles. The van der Waals surface area contributed by atoms with Gasteiger partial charge < -0.3 is 4.42 Å². The van der Waals surface area contributed by atoms with Gasteiger partial charge in [0.05, 0.1) is 15.9 Å². The van der Waals surface area contributed by atoms with E-state index in [9.17, 15) is 0 Å². The number of aromatic nitrogens is 2. The van der Waals surface area contributed by atoms with Crippen LogP contribution in [-0.4, -0.2) is 9.97 Å². The lowest BCUT2D eigenvalue weighted by atomic mass is 9.96. The Morgan fingerprint density at radius 2 is 1.08 bits per heavy atom. The van der Waals surface area contributed by atoms with Crippen LogP contribution in [0.25, 0.3) is 109 Å². The maximum Gasteiger partial charge on any atom is 0.161 e. The lowest BCUT2D eigenvalue weighted by Crippen LogP contribution is -1.94. The van der Waals surface area contributed by atoms with Crippen molar-refractivity contribution in [2.45, 2.75) is 0 Å². The van der Waals surface area contributed by atoms with Crippen LogP contribution in [0, 0.1) is 0 Å². The number of nitrogens with zero attached hydrogens (tertiary/aromatic N) is 2. The molecule has 242 valence electrons. The molecular weight excluding hydrogens is 653 g/mol. The fourth-order valence-electron chi connectivity index (χ4n) is 7.73. The van der Waals surface area contributed by atoms with Gasteiger partial charge in [0.1, 0.15) is 11.2 Å². The first-order chi connectivity index (χ1) is 25.7. The van der Waals surface area contributed by atoms with Gasteiger partial charge in [-0.3, -0.25) is 0 Å². The van der Waals surface area contributed by atoms with Crippen LogP contribution >= 0.6 is 11.3 Å². The molecule has 0 atom stereocenters. The summed E-state index contributed by atoms with van der Waals surface area (Å²) in [5, 5.41) is 8.08. The maximum absolute atomic E-state index is 6.63. The van der Waals surface area contributed by atoms with Gasteiger partial charge in [0, 0.05) is 32.0 Å². The van der Waals surface area contributed by atoms with Gasteiger partial charge in [-0.25, -0.2) is 9.97 Å². The van der Waals surface area contributed by atoms with E-state index in [2.05, 4.69) is 164 Å². The Labute approximate surface area is 303 Å². The molecule has 3 aromatic heterocycles. The second-order valence-corrected chi connectivity index (χ2v) is 14.4. The Balaban J connectivity index is 1.07. The van der Waals surface area contributed by atoms with Crippen molar-refractivity contribution >= 4 is 75.1 Å². The van der Waals surface area contributed by atoms with Gasteiger partial charge in [0.25, 0.3) is 0 Å². The summed E-state index contributed by atoms with van der Waals surface area (Å²) in [6.07, 6.45) is 0. The van der Waals surface area contributed by atoms with Crippen molar-refractivity contribution in [1.29, 1.82) is 0 Å². The molecule has 0 bridgehead atoms. The molecular formula is C48H28N2OS. The number of thiophene rings is 1. The third kappa shape index (κ3) is 4.58. The van der Waals surface area contributed by atoms with Gasteiger partial charge in [-0.15, -0.1) is 11.3 Å². The summed E-state index contributed by atoms with van der Waals surface area (Å²) in [5.41, 5.74) is 10.4. The van der Waals surface area contributed by atoms with E-state index in [4.69, 9.17) is 14.4 Å². The summed E-state index contributed by atoms with van der Waals surface area (Å²) in [4.78, 5) is 10.6. The molecule has 3 heterocycles. The number of fused-ring (bicyclic) bond motifs is 9. The van der Waals surface area contributed by atoms with Crippen LogP contribution in [-0.2, 0) is 0 Å². The van der Waals surface area contributed by atoms with Crippen LogP contribution in [0.5, 0.6) is 0 Å². The van der Waals surface area contributed by atoms with Crippen LogP contribution in [0.4, 0.5) is 0 Å². The lowest BCUT2D eigenvalue weighted by Gasteiger charge is -2.10. The number of hydrogen-bond donors (Lipinski definition) is 0. The van der Waals surface area contributed by atoms with Crippen molar-refractivity contribution in [3.8, 4) is 44.9 Å². The number of rotatable bonds is 4. The monoisotopic (exact) mass is 680 g/mol. The smallest absolute Gasteiger partial charge is 0.161 e. The third-order valence-corrected chi connectivity index (χ3v) is 11.5. The molecule has 0 amide bonds. The van der Waals surface area contributed by atoms with Crippen LogP contribution in [0.1, 0.15) is 0 Å². The minimum absolute atomic E-state index is 0.695. The van der Waals surface area contributed by atoms with E-state index in [1.54, 1.807) is 11.3 Å². The van der Waals surface area contributed by atoms with Crippen molar-refractivity contribution in [2.75, 3.05) is 0 Å². The van der Waals surface area contributed by atoms with E-state index in [0.29, 0.717) is 5.82 Å². The Bertz CT molecular complexity index is 3180. The van der Waals surface area contributed by atoms with Gasteiger partial charge in [-0.1, -0.05) is 140 Å². The van der Waals surface area contributed by atoms with E-state index in [1.807, 2.05) is 6.07 Å². The van der Waals surface area contributed by atoms with Crippen molar-refractivity contribution < 1.29 is 4.42 Å². The van der Waals surface area contributed by atoms with Gasteiger partial charge >= 0.3 is 0 Å². The normalized spacial score (nSPS) is 11.8. The molecule has 0 aliphatic rings. The average molecular weight is 681 g/mol. The van der Waals surface area contributed by atoms with E-state index in [0.717, 1.165) is 70.7 Å². The highest BCUT2D eigenvalue weighted by Gasteiger charge is 2.20. The fourth-order valence-corrected chi connectivity index (χ4v) is 8.89. The summed E-state index contributed by atoms with van der Waals surface area (Å²) in [6.45, 7) is 0. The zero-order valence-corrected chi connectivity index (χ0v) is 28.7. The van der Waals surface area contributed by atoms with E-state index in [1.165, 1.54) is 32.2 Å². The first kappa shape index (κ1) is 29.1. The Morgan fingerprint density at radius 1 is 0.423 bits per heavy atom. The summed E-state index contributed by atoms with van der Waals surface area (Å²) in [7, 11) is 0. The topological polar surface area (TPSA) is 38.9 Å². The lowest BCUT2D eigenvalue weighted by molar-refractivity contribution is 0.669. The third-order valence-electron chi connectivity index (χ3n) is 10.3. The molecule has 0 N–H and O–H groups in total. The summed E-state index contributed by atoms with van der Waals surface area (Å²) in [5.74, 6) is 0.695. The second-order valence-electron chi connectivity index (χ2n) is 13.3. The molecule has 52 heavy (non-hydrogen) atoms. The molecule has 8 aromatic carbocycles. The predicted molar refractivity (Wildman–Crippen MR) is 219 cm³/mol. The standard InChI is InChI=1S/C48H28N2OS/c1-2-11-32(12-3-1)45-47-46(38-16-8-9-17-43(38)52-47)50-48(49-45)39-28-42-44(37-15-7-6-14-36(37)39)40-27-35(24-25-41(40)51-42)31-20-18-30(19-21-31)34-23-22-29-10-4-5-13-33(29)26-34/h1-28H. The quantitative estimate of drug-likeness (QED) is 0.186. The molecule has 0 unspecified atom stereocenters. The highest BCUT2D eigenvalue weighted by molar-refractivity contribution is 7.26. The number of benzene rings is 8. The molecule has 0 aliphatic heterocycles. The van der Waals surface area contributed by atoms with Crippen LogP contribution in [0.2, 0.25) is 0 Å². The predicted octanol–water partition coefficient (Wildman–Crippen LogP) is 13.7. The highest BCUT2D eigenvalue weighted by atomic mass is 32.1. The van der Waals surface area contributed by atoms with Crippen LogP contribution < -0.4 is 0 Å². The number of hydrogen-bond acceptors (Lipinski definition) is 4. The zero-order chi connectivity index (χ0) is 34.2. The van der Waals surface area contributed by atoms with E-state index in [-0.39, 0.29) is 0 Å². The SMILES string of the molecule is c1ccc(-c2nc(-c3cc4oc5ccc(-c6ccc(-c7ccc8ccccc8c7)cc6)cc5c4c4ccccc34)nc3c2sc2ccccc23)cc1.